The molecule has 2 N–H and O–H groups in total. The molecule has 0 radical (unpaired) electrons. The lowest BCUT2D eigenvalue weighted by molar-refractivity contribution is -0.151. The highest BCUT2D eigenvalue weighted by molar-refractivity contribution is 7.96. The molecule has 46 heavy (non-hydrogen) atoms. The summed E-state index contributed by atoms with van der Waals surface area (Å²) in [5, 5.41) is 5.83. The summed E-state index contributed by atoms with van der Waals surface area (Å²) >= 11 is 1.70. The normalized spacial score (nSPS) is 20.6. The summed E-state index contributed by atoms with van der Waals surface area (Å²) in [5.41, 5.74) is 0.142. The average Bonchev–Trinajstić information content (AvgIpc) is 3.65. The Balaban J connectivity index is 1.35. The van der Waals surface area contributed by atoms with E-state index >= 15 is 0 Å². The lowest BCUT2D eigenvalue weighted by Crippen LogP contribution is -2.44. The van der Waals surface area contributed by atoms with Gasteiger partial charge in [0.05, 0.1) is 36.6 Å². The molecule has 258 valence electrons. The van der Waals surface area contributed by atoms with Crippen LogP contribution in [0, 0.1) is 0 Å². The van der Waals surface area contributed by atoms with Gasteiger partial charge in [0.25, 0.3) is 5.88 Å². The molecule has 14 nitrogen and oxygen atoms in total. The number of Topliss-reactive ketones (excluding diaryl/α,β-unsaturated/α-hetero) is 1. The SMILES string of the molecule is CCN[C@H]1C[C@H](C)S(=O)(=O)c2sc(S(=O)(=O)CC(=O)CCC(=O)O[C@@H](CNC(C)(C)C)COc3nsnc3N3CCOCC3)cc21. The minimum Gasteiger partial charge on any atom is -0.470 e. The number of esters is 1. The highest BCUT2D eigenvalue weighted by Gasteiger charge is 2.39. The zero-order valence-electron chi connectivity index (χ0n) is 26.7. The van der Waals surface area contributed by atoms with Crippen LogP contribution in [0.4, 0.5) is 5.82 Å². The first-order valence-electron chi connectivity index (χ1n) is 15.2. The fourth-order valence-electron chi connectivity index (χ4n) is 5.00. The number of thiophene rings is 1. The monoisotopic (exact) mass is 721 g/mol. The quantitative estimate of drug-likeness (QED) is 0.255. The number of aromatic nitrogens is 2. The molecule has 1 saturated heterocycles. The summed E-state index contributed by atoms with van der Waals surface area (Å²) in [6.45, 7) is 12.7. The molecule has 0 spiro atoms. The van der Waals surface area contributed by atoms with Crippen molar-refractivity contribution in [1.29, 1.82) is 0 Å². The Labute approximate surface area is 278 Å². The van der Waals surface area contributed by atoms with Crippen molar-refractivity contribution in [1.82, 2.24) is 19.4 Å². The number of carbonyl (C=O) groups excluding carboxylic acids is 2. The fourth-order valence-corrected chi connectivity index (χ4v) is 10.9. The molecule has 3 atom stereocenters. The van der Waals surface area contributed by atoms with Crippen molar-refractivity contribution in [2.24, 2.45) is 0 Å². The number of rotatable bonds is 15. The predicted molar refractivity (Wildman–Crippen MR) is 174 cm³/mol. The first-order valence-corrected chi connectivity index (χ1v) is 19.9. The maximum Gasteiger partial charge on any atom is 0.306 e. The van der Waals surface area contributed by atoms with Crippen LogP contribution >= 0.6 is 23.1 Å². The molecule has 0 aromatic carbocycles. The number of fused-ring (bicyclic) bond motifs is 1. The summed E-state index contributed by atoms with van der Waals surface area (Å²) in [6, 6.07) is 1.06. The van der Waals surface area contributed by atoms with Crippen molar-refractivity contribution in [3.8, 4) is 5.88 Å². The van der Waals surface area contributed by atoms with Gasteiger partial charge in [-0.3, -0.25) is 9.59 Å². The van der Waals surface area contributed by atoms with Crippen LogP contribution in [0.1, 0.15) is 65.5 Å². The largest absolute Gasteiger partial charge is 0.470 e. The average molecular weight is 722 g/mol. The van der Waals surface area contributed by atoms with E-state index in [-0.39, 0.29) is 46.0 Å². The number of nitrogens with zero attached hydrogens (tertiary/aromatic N) is 3. The second-order valence-corrected chi connectivity index (χ2v) is 18.7. The topological polar surface area (TPSA) is 183 Å². The molecule has 4 rings (SSSR count). The van der Waals surface area contributed by atoms with Gasteiger partial charge in [0.1, 0.15) is 32.7 Å². The van der Waals surface area contributed by atoms with E-state index in [4.69, 9.17) is 14.2 Å². The number of morpholine rings is 1. The zero-order valence-corrected chi connectivity index (χ0v) is 30.0. The maximum atomic E-state index is 13.2. The zero-order chi connectivity index (χ0) is 33.7. The van der Waals surface area contributed by atoms with E-state index in [1.54, 1.807) is 6.92 Å². The van der Waals surface area contributed by atoms with Crippen LogP contribution in [-0.4, -0.2) is 106 Å². The van der Waals surface area contributed by atoms with E-state index in [0.29, 0.717) is 67.9 Å². The fraction of sp³-hybridized carbons (Fsp3) is 0.714. The summed E-state index contributed by atoms with van der Waals surface area (Å²) in [7, 11) is -7.81. The molecule has 2 aliphatic heterocycles. The molecule has 0 bridgehead atoms. The van der Waals surface area contributed by atoms with E-state index < -0.39 is 48.5 Å². The molecule has 2 aromatic heterocycles. The number of ketones is 1. The smallest absolute Gasteiger partial charge is 0.306 e. The van der Waals surface area contributed by atoms with Gasteiger partial charge in [-0.25, -0.2) is 16.8 Å². The minimum absolute atomic E-state index is 0.0155. The Kier molecular flexibility index (Phi) is 12.2. The summed E-state index contributed by atoms with van der Waals surface area (Å²) in [6.07, 6.45) is -1.08. The van der Waals surface area contributed by atoms with Crippen LogP contribution in [0.2, 0.25) is 0 Å². The van der Waals surface area contributed by atoms with E-state index in [1.807, 2.05) is 32.6 Å². The summed E-state index contributed by atoms with van der Waals surface area (Å²) in [4.78, 5) is 27.6. The van der Waals surface area contributed by atoms with E-state index in [0.717, 1.165) is 11.7 Å². The molecule has 0 aliphatic carbocycles. The van der Waals surface area contributed by atoms with E-state index in [1.165, 1.54) is 6.07 Å². The Bertz CT molecular complexity index is 1580. The number of nitrogens with one attached hydrogen (secondary N) is 2. The van der Waals surface area contributed by atoms with Crippen LogP contribution in [0.15, 0.2) is 14.5 Å². The molecule has 18 heteroatoms. The van der Waals surface area contributed by atoms with Crippen LogP contribution in [0.5, 0.6) is 5.88 Å². The Morgan fingerprint density at radius 3 is 2.59 bits per heavy atom. The lowest BCUT2D eigenvalue weighted by Gasteiger charge is -2.27. The van der Waals surface area contributed by atoms with Crippen LogP contribution in [0.25, 0.3) is 0 Å². The molecule has 1 fully saturated rings. The second-order valence-electron chi connectivity index (χ2n) is 12.4. The number of hydrogen-bond acceptors (Lipinski definition) is 16. The highest BCUT2D eigenvalue weighted by Crippen LogP contribution is 2.43. The molecular weight excluding hydrogens is 679 g/mol. The van der Waals surface area contributed by atoms with Gasteiger partial charge in [0.15, 0.2) is 19.7 Å². The summed E-state index contributed by atoms with van der Waals surface area (Å²) in [5.74, 6) is -1.27. The predicted octanol–water partition coefficient (Wildman–Crippen LogP) is 2.15. The van der Waals surface area contributed by atoms with Gasteiger partial charge in [-0.15, -0.1) is 15.7 Å². The molecule has 0 saturated carbocycles. The van der Waals surface area contributed by atoms with Crippen molar-refractivity contribution in [3.05, 3.63) is 11.6 Å². The first kappa shape index (κ1) is 36.6. The number of anilines is 1. The molecule has 4 heterocycles. The third kappa shape index (κ3) is 9.44. The number of hydrogen-bond donors (Lipinski definition) is 2. The van der Waals surface area contributed by atoms with Crippen LogP contribution < -0.4 is 20.3 Å². The van der Waals surface area contributed by atoms with Gasteiger partial charge >= 0.3 is 5.97 Å². The van der Waals surface area contributed by atoms with Gasteiger partial charge in [-0.1, -0.05) is 6.92 Å². The van der Waals surface area contributed by atoms with Crippen LogP contribution in [0.3, 0.4) is 0 Å². The first-order chi connectivity index (χ1) is 21.6. The van der Waals surface area contributed by atoms with Crippen molar-refractivity contribution in [2.75, 3.05) is 56.7 Å². The second kappa shape index (κ2) is 15.3. The van der Waals surface area contributed by atoms with Gasteiger partial charge in [0.2, 0.25) is 5.82 Å². The molecule has 2 aromatic rings. The van der Waals surface area contributed by atoms with Gasteiger partial charge in [-0.05, 0) is 52.3 Å². The third-order valence-electron chi connectivity index (χ3n) is 7.47. The van der Waals surface area contributed by atoms with Crippen molar-refractivity contribution < 1.29 is 40.6 Å². The molecular formula is C28H43N5O9S4. The van der Waals surface area contributed by atoms with Crippen molar-refractivity contribution in [2.45, 2.75) is 85.2 Å². The third-order valence-corrected chi connectivity index (χ3v) is 14.1. The van der Waals surface area contributed by atoms with E-state index in [9.17, 15) is 26.4 Å². The van der Waals surface area contributed by atoms with Crippen molar-refractivity contribution >= 4 is 60.3 Å². The molecule has 2 aliphatic rings. The van der Waals surface area contributed by atoms with Crippen molar-refractivity contribution in [3.63, 3.8) is 0 Å². The van der Waals surface area contributed by atoms with E-state index in [2.05, 4.69) is 19.4 Å². The van der Waals surface area contributed by atoms with Gasteiger partial charge in [-0.2, -0.15) is 4.37 Å². The van der Waals surface area contributed by atoms with Gasteiger partial charge in [0, 0.05) is 37.6 Å². The number of carbonyl (C=O) groups is 2. The highest BCUT2D eigenvalue weighted by atomic mass is 32.3. The minimum atomic E-state index is -4.13. The summed E-state index contributed by atoms with van der Waals surface area (Å²) < 4.78 is 77.6. The number of ether oxygens (including phenoxy) is 3. The molecule has 0 amide bonds. The maximum absolute atomic E-state index is 13.2. The van der Waals surface area contributed by atoms with Crippen LogP contribution in [-0.2, 0) is 38.7 Å². The Hall–Kier alpha value is -2.22. The Morgan fingerprint density at radius 1 is 1.20 bits per heavy atom. The number of sulfone groups is 2. The molecule has 0 unspecified atom stereocenters. The lowest BCUT2D eigenvalue weighted by atomic mass is 10.1. The van der Waals surface area contributed by atoms with Gasteiger partial charge < -0.3 is 29.7 Å². The Morgan fingerprint density at radius 2 is 1.91 bits per heavy atom. The standard InChI is InChI=1S/C28H43N5O9S4/c1-6-29-22-13-18(2)46(38,39)27-21(22)14-24(43-27)45(36,37)17-19(34)7-8-23(35)42-20(15-30-28(3,4)5)16-41-26-25(31-44-32-26)33-9-11-40-12-10-33/h14,18,20,22,29-30H,6-13,15-17H2,1-5H3/t18-,20-,22-/m0/s1.